The Labute approximate surface area is 71.1 Å². The van der Waals surface area contributed by atoms with Gasteiger partial charge in [-0.05, 0) is 31.6 Å². The van der Waals surface area contributed by atoms with Gasteiger partial charge in [0.15, 0.2) is 0 Å². The second-order valence-corrected chi connectivity index (χ2v) is 3.55. The van der Waals surface area contributed by atoms with Crippen molar-refractivity contribution in [1.29, 1.82) is 0 Å². The van der Waals surface area contributed by atoms with Crippen molar-refractivity contribution in [3.8, 4) is 0 Å². The Hall–Kier alpha value is -0.210. The quantitative estimate of drug-likeness (QED) is 0.577. The minimum atomic E-state index is -3.97. The van der Waals surface area contributed by atoms with E-state index in [0.29, 0.717) is 31.6 Å². The van der Waals surface area contributed by atoms with Crippen molar-refractivity contribution in [3.05, 3.63) is 6.92 Å². The van der Waals surface area contributed by atoms with Gasteiger partial charge in [-0.25, -0.2) is 0 Å². The number of hydrogen-bond donors (Lipinski definition) is 0. The van der Waals surface area contributed by atoms with Crippen LogP contribution >= 0.6 is 0 Å². The molecule has 0 aromatic heterocycles. The summed E-state index contributed by atoms with van der Waals surface area (Å²) in [5, 5.41) is 0. The van der Waals surface area contributed by atoms with Crippen LogP contribution < -0.4 is 0 Å². The van der Waals surface area contributed by atoms with E-state index in [4.69, 9.17) is 0 Å². The first-order chi connectivity index (χ1) is 5.54. The topological polar surface area (TPSA) is 0 Å². The first-order valence-corrected chi connectivity index (χ1v) is 4.40. The summed E-state index contributed by atoms with van der Waals surface area (Å²) < 4.78 is 36.5. The Morgan fingerprint density at radius 3 is 1.92 bits per heavy atom. The average Bonchev–Trinajstić information content (AvgIpc) is 2.03. The lowest BCUT2D eigenvalue weighted by Gasteiger charge is -2.28. The molecule has 0 amide bonds. The molecule has 1 aliphatic rings. The van der Waals surface area contributed by atoms with Crippen LogP contribution in [-0.4, -0.2) is 6.18 Å². The molecule has 0 aromatic carbocycles. The highest BCUT2D eigenvalue weighted by Crippen LogP contribution is 2.40. The molecule has 0 N–H and O–H groups in total. The van der Waals surface area contributed by atoms with Gasteiger partial charge >= 0.3 is 6.18 Å². The molecular weight excluding hydrogens is 165 g/mol. The third-order valence-electron chi connectivity index (χ3n) is 2.72. The van der Waals surface area contributed by atoms with Gasteiger partial charge in [0.1, 0.15) is 0 Å². The molecule has 71 valence electrons. The molecule has 1 aliphatic carbocycles. The van der Waals surface area contributed by atoms with Crippen LogP contribution in [0.4, 0.5) is 13.2 Å². The predicted molar refractivity (Wildman–Crippen MR) is 41.5 cm³/mol. The summed E-state index contributed by atoms with van der Waals surface area (Å²) in [6.45, 7) is 3.72. The van der Waals surface area contributed by atoms with Crippen LogP contribution in [0.5, 0.6) is 0 Å². The fourth-order valence-electron chi connectivity index (χ4n) is 1.78. The van der Waals surface area contributed by atoms with Gasteiger partial charge in [0.25, 0.3) is 0 Å². The molecule has 0 aromatic rings. The fourth-order valence-corrected chi connectivity index (χ4v) is 1.78. The Bertz CT molecular complexity index is 131. The zero-order valence-corrected chi connectivity index (χ0v) is 7.03. The predicted octanol–water partition coefficient (Wildman–Crippen LogP) is 3.58. The summed E-state index contributed by atoms with van der Waals surface area (Å²) in [7, 11) is 0. The van der Waals surface area contributed by atoms with Crippen LogP contribution in [0.1, 0.15) is 32.1 Å². The smallest absolute Gasteiger partial charge is 0.171 e. The molecule has 0 saturated heterocycles. The fraction of sp³-hybridized carbons (Fsp3) is 0.889. The summed E-state index contributed by atoms with van der Waals surface area (Å²) >= 11 is 0. The van der Waals surface area contributed by atoms with E-state index < -0.39 is 12.1 Å². The first kappa shape index (κ1) is 9.87. The molecule has 0 atom stereocenters. The van der Waals surface area contributed by atoms with E-state index in [-0.39, 0.29) is 0 Å². The normalized spacial score (nSPS) is 32.0. The number of halogens is 3. The van der Waals surface area contributed by atoms with Gasteiger partial charge in [-0.2, -0.15) is 13.2 Å². The SMILES string of the molecule is [CH2]CC1CCC(C(F)(F)F)CC1. The maximum Gasteiger partial charge on any atom is 0.391 e. The van der Waals surface area contributed by atoms with E-state index in [2.05, 4.69) is 6.92 Å². The van der Waals surface area contributed by atoms with Gasteiger partial charge in [0.05, 0.1) is 5.92 Å². The van der Waals surface area contributed by atoms with Gasteiger partial charge in [-0.3, -0.25) is 0 Å². The zero-order valence-electron chi connectivity index (χ0n) is 7.03. The summed E-state index contributed by atoms with van der Waals surface area (Å²) in [5.41, 5.74) is 0. The zero-order chi connectivity index (χ0) is 9.19. The molecule has 0 aliphatic heterocycles. The molecule has 0 unspecified atom stereocenters. The Balaban J connectivity index is 2.36. The standard InChI is InChI=1S/C9H14F3/c1-2-7-3-5-8(6-4-7)9(10,11)12/h7-8H,1-6H2. The molecule has 1 radical (unpaired) electrons. The number of alkyl halides is 3. The van der Waals surface area contributed by atoms with Crippen LogP contribution in [0.15, 0.2) is 0 Å². The Morgan fingerprint density at radius 1 is 1.08 bits per heavy atom. The van der Waals surface area contributed by atoms with Crippen molar-refractivity contribution >= 4 is 0 Å². The van der Waals surface area contributed by atoms with Crippen LogP contribution in [-0.2, 0) is 0 Å². The molecule has 0 nitrogen and oxygen atoms in total. The highest BCUT2D eigenvalue weighted by atomic mass is 19.4. The summed E-state index contributed by atoms with van der Waals surface area (Å²) in [5.74, 6) is -0.608. The van der Waals surface area contributed by atoms with Gasteiger partial charge < -0.3 is 0 Å². The van der Waals surface area contributed by atoms with Crippen molar-refractivity contribution in [1.82, 2.24) is 0 Å². The van der Waals surface area contributed by atoms with Crippen LogP contribution in [0.3, 0.4) is 0 Å². The largest absolute Gasteiger partial charge is 0.391 e. The molecule has 0 spiro atoms. The number of rotatable bonds is 1. The van der Waals surface area contributed by atoms with Gasteiger partial charge in [-0.15, -0.1) is 0 Å². The lowest BCUT2D eigenvalue weighted by molar-refractivity contribution is -0.183. The molecule has 0 heterocycles. The van der Waals surface area contributed by atoms with E-state index in [0.717, 1.165) is 6.42 Å². The first-order valence-electron chi connectivity index (χ1n) is 4.40. The molecule has 0 bridgehead atoms. The Morgan fingerprint density at radius 2 is 1.58 bits per heavy atom. The number of hydrogen-bond acceptors (Lipinski definition) is 0. The van der Waals surface area contributed by atoms with Crippen molar-refractivity contribution in [3.63, 3.8) is 0 Å². The van der Waals surface area contributed by atoms with Gasteiger partial charge in [0, 0.05) is 0 Å². The molecule has 1 fully saturated rings. The summed E-state index contributed by atoms with van der Waals surface area (Å²) in [4.78, 5) is 0. The summed E-state index contributed by atoms with van der Waals surface area (Å²) in [6, 6.07) is 0. The second kappa shape index (κ2) is 3.67. The van der Waals surface area contributed by atoms with Crippen molar-refractivity contribution in [2.24, 2.45) is 11.8 Å². The molecular formula is C9H14F3. The highest BCUT2D eigenvalue weighted by Gasteiger charge is 2.40. The minimum absolute atomic E-state index is 0.309. The van der Waals surface area contributed by atoms with Crippen molar-refractivity contribution in [2.75, 3.05) is 0 Å². The van der Waals surface area contributed by atoms with E-state index in [1.807, 2.05) is 0 Å². The lowest BCUT2D eigenvalue weighted by Crippen LogP contribution is -2.27. The molecule has 1 rings (SSSR count). The van der Waals surface area contributed by atoms with Crippen LogP contribution in [0.2, 0.25) is 0 Å². The second-order valence-electron chi connectivity index (χ2n) is 3.55. The van der Waals surface area contributed by atoms with Crippen LogP contribution in [0, 0.1) is 18.8 Å². The van der Waals surface area contributed by atoms with E-state index >= 15 is 0 Å². The maximum atomic E-state index is 12.2. The van der Waals surface area contributed by atoms with Gasteiger partial charge in [0.2, 0.25) is 0 Å². The van der Waals surface area contributed by atoms with Crippen LogP contribution in [0.25, 0.3) is 0 Å². The van der Waals surface area contributed by atoms with E-state index in [1.165, 1.54) is 0 Å². The van der Waals surface area contributed by atoms with Gasteiger partial charge in [-0.1, -0.05) is 13.3 Å². The monoisotopic (exact) mass is 179 g/mol. The van der Waals surface area contributed by atoms with Crippen molar-refractivity contribution in [2.45, 2.75) is 38.3 Å². The minimum Gasteiger partial charge on any atom is -0.171 e. The van der Waals surface area contributed by atoms with E-state index in [1.54, 1.807) is 0 Å². The molecule has 3 heteroatoms. The van der Waals surface area contributed by atoms with E-state index in [9.17, 15) is 13.2 Å². The highest BCUT2D eigenvalue weighted by molar-refractivity contribution is 4.77. The molecule has 12 heavy (non-hydrogen) atoms. The average molecular weight is 179 g/mol. The molecule has 1 saturated carbocycles. The van der Waals surface area contributed by atoms with Crippen molar-refractivity contribution < 1.29 is 13.2 Å². The third-order valence-corrected chi connectivity index (χ3v) is 2.72. The third kappa shape index (κ3) is 2.39. The maximum absolute atomic E-state index is 12.2. The summed E-state index contributed by atoms with van der Waals surface area (Å²) in [6.07, 6.45) is -1.16. The lowest BCUT2D eigenvalue weighted by atomic mass is 9.80. The Kier molecular flexibility index (Phi) is 3.02.